The molecule has 2 heterocycles. The number of esters is 1. The van der Waals surface area contributed by atoms with Gasteiger partial charge < -0.3 is 14.8 Å². The Morgan fingerprint density at radius 2 is 1.70 bits per heavy atom. The molecule has 0 aliphatic rings. The van der Waals surface area contributed by atoms with Crippen molar-refractivity contribution in [2.75, 3.05) is 5.32 Å². The molecule has 2 aromatic heterocycles. The van der Waals surface area contributed by atoms with Crippen molar-refractivity contribution in [1.29, 1.82) is 0 Å². The molecule has 0 radical (unpaired) electrons. The van der Waals surface area contributed by atoms with E-state index in [9.17, 15) is 9.59 Å². The molecular formula is C25H21N3O4S. The first-order chi connectivity index (χ1) is 16.1. The van der Waals surface area contributed by atoms with Gasteiger partial charge in [-0.3, -0.25) is 14.6 Å². The molecule has 7 nitrogen and oxygen atoms in total. The Morgan fingerprint density at radius 3 is 2.42 bits per heavy atom. The maximum Gasteiger partial charge on any atom is 0.312 e. The van der Waals surface area contributed by atoms with Gasteiger partial charge in [0.2, 0.25) is 0 Å². The van der Waals surface area contributed by atoms with Crippen LogP contribution in [0.5, 0.6) is 11.5 Å². The molecule has 8 heteroatoms. The zero-order valence-electron chi connectivity index (χ0n) is 17.8. The minimum atomic E-state index is -0.952. The maximum atomic E-state index is 12.4. The summed E-state index contributed by atoms with van der Waals surface area (Å²) in [6, 6.07) is 21.9. The van der Waals surface area contributed by atoms with Gasteiger partial charge in [0.05, 0.1) is 17.8 Å². The summed E-state index contributed by atoms with van der Waals surface area (Å²) < 4.78 is 11.0. The van der Waals surface area contributed by atoms with Crippen molar-refractivity contribution in [2.45, 2.75) is 19.4 Å². The van der Waals surface area contributed by atoms with Gasteiger partial charge in [-0.1, -0.05) is 24.3 Å². The van der Waals surface area contributed by atoms with Crippen molar-refractivity contribution in [3.8, 4) is 22.2 Å². The van der Waals surface area contributed by atoms with E-state index >= 15 is 0 Å². The quantitative estimate of drug-likeness (QED) is 0.368. The van der Waals surface area contributed by atoms with Gasteiger partial charge in [0, 0.05) is 17.3 Å². The summed E-state index contributed by atoms with van der Waals surface area (Å²) in [5.41, 5.74) is 1.89. The number of carbonyl (C=O) groups is 2. The first-order valence-electron chi connectivity index (χ1n) is 10.3. The standard InChI is InChI=1S/C25H21N3O4S/c1-17(31-23(29)15-19-16-33-25(28-19)22-9-5-6-14-26-22)24(30)27-18-10-12-21(13-11-18)32-20-7-3-2-4-8-20/h2-14,16-17H,15H2,1H3,(H,27,30). The van der Waals surface area contributed by atoms with E-state index in [0.29, 0.717) is 17.1 Å². The Kier molecular flexibility index (Phi) is 7.06. The summed E-state index contributed by atoms with van der Waals surface area (Å²) in [6.07, 6.45) is 0.716. The number of hydrogen-bond donors (Lipinski definition) is 1. The van der Waals surface area contributed by atoms with Crippen LogP contribution in [0.1, 0.15) is 12.6 Å². The van der Waals surface area contributed by atoms with Gasteiger partial charge in [0.25, 0.3) is 5.91 Å². The van der Waals surface area contributed by atoms with Crippen LogP contribution in [0.25, 0.3) is 10.7 Å². The fourth-order valence-corrected chi connectivity index (χ4v) is 3.71. The van der Waals surface area contributed by atoms with Gasteiger partial charge in [0.15, 0.2) is 6.10 Å². The summed E-state index contributed by atoms with van der Waals surface area (Å²) in [5.74, 6) is 0.420. The van der Waals surface area contributed by atoms with Crippen molar-refractivity contribution in [3.05, 3.63) is 90.1 Å². The third kappa shape index (κ3) is 6.24. The predicted molar refractivity (Wildman–Crippen MR) is 126 cm³/mol. The van der Waals surface area contributed by atoms with E-state index < -0.39 is 18.0 Å². The van der Waals surface area contributed by atoms with Crippen LogP contribution in [0.3, 0.4) is 0 Å². The number of nitrogens with zero attached hydrogens (tertiary/aromatic N) is 2. The Hall–Kier alpha value is -4.04. The van der Waals surface area contributed by atoms with E-state index in [2.05, 4.69) is 15.3 Å². The van der Waals surface area contributed by atoms with Gasteiger partial charge in [-0.25, -0.2) is 4.98 Å². The molecule has 1 N–H and O–H groups in total. The molecule has 1 unspecified atom stereocenters. The number of pyridine rings is 1. The maximum absolute atomic E-state index is 12.4. The highest BCUT2D eigenvalue weighted by atomic mass is 32.1. The number of carbonyl (C=O) groups excluding carboxylic acids is 2. The van der Waals surface area contributed by atoms with E-state index in [4.69, 9.17) is 9.47 Å². The lowest BCUT2D eigenvalue weighted by Crippen LogP contribution is -2.30. The normalized spacial score (nSPS) is 11.4. The monoisotopic (exact) mass is 459 g/mol. The molecule has 4 aromatic rings. The number of nitrogens with one attached hydrogen (secondary N) is 1. The van der Waals surface area contributed by atoms with Crippen LogP contribution in [0.4, 0.5) is 5.69 Å². The highest BCUT2D eigenvalue weighted by molar-refractivity contribution is 7.13. The third-order valence-electron chi connectivity index (χ3n) is 4.54. The number of benzene rings is 2. The van der Waals surface area contributed by atoms with Crippen LogP contribution in [0, 0.1) is 0 Å². The molecule has 0 aliphatic heterocycles. The number of ether oxygens (including phenoxy) is 2. The molecule has 0 bridgehead atoms. The van der Waals surface area contributed by atoms with Gasteiger partial charge in [-0.15, -0.1) is 11.3 Å². The van der Waals surface area contributed by atoms with Crippen molar-refractivity contribution >= 4 is 28.9 Å². The highest BCUT2D eigenvalue weighted by Gasteiger charge is 2.19. The molecule has 0 spiro atoms. The summed E-state index contributed by atoms with van der Waals surface area (Å²) >= 11 is 1.40. The number of para-hydroxylation sites is 1. The summed E-state index contributed by atoms with van der Waals surface area (Å²) in [7, 11) is 0. The fraction of sp³-hybridized carbons (Fsp3) is 0.120. The highest BCUT2D eigenvalue weighted by Crippen LogP contribution is 2.23. The molecule has 1 amide bonds. The van der Waals surface area contributed by atoms with Crippen LogP contribution >= 0.6 is 11.3 Å². The van der Waals surface area contributed by atoms with Crippen molar-refractivity contribution in [2.24, 2.45) is 0 Å². The molecule has 1 atom stereocenters. The van der Waals surface area contributed by atoms with E-state index in [0.717, 1.165) is 16.5 Å². The summed E-state index contributed by atoms with van der Waals surface area (Å²) in [4.78, 5) is 33.4. The number of thiazole rings is 1. The van der Waals surface area contributed by atoms with Gasteiger partial charge in [-0.05, 0) is 55.5 Å². The van der Waals surface area contributed by atoms with Crippen LogP contribution in [0.2, 0.25) is 0 Å². The smallest absolute Gasteiger partial charge is 0.312 e. The Balaban J connectivity index is 1.27. The van der Waals surface area contributed by atoms with Crippen molar-refractivity contribution < 1.29 is 19.1 Å². The predicted octanol–water partition coefficient (Wildman–Crippen LogP) is 5.11. The van der Waals surface area contributed by atoms with E-state index in [1.54, 1.807) is 35.8 Å². The number of rotatable bonds is 8. The van der Waals surface area contributed by atoms with Crippen LogP contribution < -0.4 is 10.1 Å². The number of aromatic nitrogens is 2. The number of hydrogen-bond acceptors (Lipinski definition) is 7. The largest absolute Gasteiger partial charge is 0.457 e. The minimum absolute atomic E-state index is 0.0214. The first kappa shape index (κ1) is 22.2. The molecule has 0 saturated heterocycles. The lowest BCUT2D eigenvalue weighted by atomic mass is 10.2. The van der Waals surface area contributed by atoms with Gasteiger partial charge in [0.1, 0.15) is 16.5 Å². The molecule has 166 valence electrons. The lowest BCUT2D eigenvalue weighted by Gasteiger charge is -2.13. The van der Waals surface area contributed by atoms with E-state index in [1.807, 2.05) is 48.5 Å². The fourth-order valence-electron chi connectivity index (χ4n) is 2.91. The second-order valence-corrected chi connectivity index (χ2v) is 7.95. The third-order valence-corrected chi connectivity index (χ3v) is 5.45. The Bertz CT molecular complexity index is 1210. The second kappa shape index (κ2) is 10.5. The molecule has 0 fully saturated rings. The molecule has 33 heavy (non-hydrogen) atoms. The number of amides is 1. The summed E-state index contributed by atoms with van der Waals surface area (Å²) in [5, 5.41) is 5.25. The summed E-state index contributed by atoms with van der Waals surface area (Å²) in [6.45, 7) is 1.53. The topological polar surface area (TPSA) is 90.4 Å². The zero-order valence-corrected chi connectivity index (χ0v) is 18.6. The molecule has 2 aromatic carbocycles. The van der Waals surface area contributed by atoms with Gasteiger partial charge in [-0.2, -0.15) is 0 Å². The SMILES string of the molecule is CC(OC(=O)Cc1csc(-c2ccccn2)n1)C(=O)Nc1ccc(Oc2ccccc2)cc1. The number of anilines is 1. The van der Waals surface area contributed by atoms with E-state index in [-0.39, 0.29) is 6.42 Å². The van der Waals surface area contributed by atoms with Gasteiger partial charge >= 0.3 is 5.97 Å². The zero-order chi connectivity index (χ0) is 23.0. The molecular weight excluding hydrogens is 438 g/mol. The Labute approximate surface area is 195 Å². The average molecular weight is 460 g/mol. The second-order valence-electron chi connectivity index (χ2n) is 7.10. The van der Waals surface area contributed by atoms with Crippen LogP contribution in [0.15, 0.2) is 84.4 Å². The first-order valence-corrected chi connectivity index (χ1v) is 11.1. The molecule has 0 saturated carbocycles. The van der Waals surface area contributed by atoms with Crippen LogP contribution in [-0.2, 0) is 20.7 Å². The van der Waals surface area contributed by atoms with Crippen molar-refractivity contribution in [1.82, 2.24) is 9.97 Å². The van der Waals surface area contributed by atoms with Crippen LogP contribution in [-0.4, -0.2) is 27.9 Å². The molecule has 0 aliphatic carbocycles. The average Bonchev–Trinajstić information content (AvgIpc) is 3.30. The van der Waals surface area contributed by atoms with Crippen molar-refractivity contribution in [3.63, 3.8) is 0 Å². The van der Waals surface area contributed by atoms with E-state index in [1.165, 1.54) is 18.3 Å². The lowest BCUT2D eigenvalue weighted by molar-refractivity contribution is -0.152. The minimum Gasteiger partial charge on any atom is -0.457 e. The molecule has 4 rings (SSSR count). The Morgan fingerprint density at radius 1 is 0.970 bits per heavy atom.